The minimum absolute atomic E-state index is 0.186. The van der Waals surface area contributed by atoms with Crippen LogP contribution in [0.4, 0.5) is 11.6 Å². The Morgan fingerprint density at radius 2 is 2.24 bits per heavy atom. The van der Waals surface area contributed by atoms with Gasteiger partial charge in [-0.25, -0.2) is 15.8 Å². The number of nitrogens with two attached hydrogens (primary N) is 1. The molecule has 0 aliphatic carbocycles. The van der Waals surface area contributed by atoms with Crippen LogP contribution in [-0.2, 0) is 0 Å². The van der Waals surface area contributed by atoms with E-state index in [4.69, 9.17) is 5.84 Å². The molecule has 0 saturated heterocycles. The van der Waals surface area contributed by atoms with E-state index in [2.05, 4.69) is 52.1 Å². The van der Waals surface area contributed by atoms with Crippen molar-refractivity contribution in [2.45, 2.75) is 19.9 Å². The summed E-state index contributed by atoms with van der Waals surface area (Å²) < 4.78 is 1.90. The molecule has 0 fully saturated rings. The first-order valence-electron chi connectivity index (χ1n) is 6.79. The van der Waals surface area contributed by atoms with Gasteiger partial charge in [-0.15, -0.1) is 11.3 Å². The average Bonchev–Trinajstić information content (AvgIpc) is 3.14. The lowest BCUT2D eigenvalue weighted by Crippen LogP contribution is -2.18. The van der Waals surface area contributed by atoms with Gasteiger partial charge in [-0.1, -0.05) is 19.9 Å². The maximum absolute atomic E-state index is 5.49. The van der Waals surface area contributed by atoms with Gasteiger partial charge in [0.05, 0.1) is 12.2 Å². The Bertz CT molecular complexity index is 718. The Balaban J connectivity index is 2.01. The summed E-state index contributed by atoms with van der Waals surface area (Å²) in [6, 6.07) is 4.38. The van der Waals surface area contributed by atoms with E-state index in [9.17, 15) is 0 Å². The second kappa shape index (κ2) is 5.71. The molecule has 3 rings (SSSR count). The van der Waals surface area contributed by atoms with Gasteiger partial charge in [0.1, 0.15) is 0 Å². The number of aromatic nitrogens is 3. The molecule has 7 heteroatoms. The van der Waals surface area contributed by atoms with Crippen molar-refractivity contribution in [1.29, 1.82) is 0 Å². The zero-order chi connectivity index (χ0) is 14.8. The second-order valence-corrected chi connectivity index (χ2v) is 6.14. The number of nitrogen functional groups attached to an aromatic ring is 1. The van der Waals surface area contributed by atoms with Crippen molar-refractivity contribution in [2.24, 2.45) is 11.8 Å². The summed E-state index contributed by atoms with van der Waals surface area (Å²) in [5.41, 5.74) is 3.38. The molecule has 0 amide bonds. The Morgan fingerprint density at radius 3 is 2.90 bits per heavy atom. The number of anilines is 2. The fourth-order valence-electron chi connectivity index (χ4n) is 2.28. The highest BCUT2D eigenvalue weighted by atomic mass is 32.1. The number of fused-ring (bicyclic) bond motifs is 1. The molecule has 0 aliphatic rings. The molecule has 21 heavy (non-hydrogen) atoms. The van der Waals surface area contributed by atoms with Crippen LogP contribution in [0.25, 0.3) is 5.65 Å². The third kappa shape index (κ3) is 2.70. The minimum atomic E-state index is 0.186. The van der Waals surface area contributed by atoms with Crippen LogP contribution in [0.1, 0.15) is 24.8 Å². The standard InChI is InChI=1S/C14H18N6S/c1-9(2)12(10-4-3-7-21-10)18-13-14-16-5-6-20(14)8-11(17-13)19-15/h3-9,12,19H,15H2,1-2H3,(H,17,18). The van der Waals surface area contributed by atoms with Crippen LogP contribution in [0.15, 0.2) is 36.1 Å². The topological polar surface area (TPSA) is 80.3 Å². The van der Waals surface area contributed by atoms with Gasteiger partial charge in [0.15, 0.2) is 17.3 Å². The third-order valence-corrected chi connectivity index (χ3v) is 4.29. The maximum Gasteiger partial charge on any atom is 0.180 e. The molecule has 3 aromatic rings. The molecule has 0 bridgehead atoms. The van der Waals surface area contributed by atoms with E-state index >= 15 is 0 Å². The number of hydrogen-bond donors (Lipinski definition) is 3. The number of imidazole rings is 1. The van der Waals surface area contributed by atoms with Crippen LogP contribution >= 0.6 is 11.3 Å². The van der Waals surface area contributed by atoms with Crippen molar-refractivity contribution in [3.05, 3.63) is 41.0 Å². The zero-order valence-electron chi connectivity index (χ0n) is 11.9. The van der Waals surface area contributed by atoms with Gasteiger partial charge >= 0.3 is 0 Å². The van der Waals surface area contributed by atoms with Gasteiger partial charge in [-0.05, 0) is 17.4 Å². The Hall–Kier alpha value is -2.12. The monoisotopic (exact) mass is 302 g/mol. The van der Waals surface area contributed by atoms with E-state index in [0.717, 1.165) is 11.5 Å². The van der Waals surface area contributed by atoms with Crippen molar-refractivity contribution in [1.82, 2.24) is 14.4 Å². The van der Waals surface area contributed by atoms with E-state index in [1.165, 1.54) is 4.88 Å². The minimum Gasteiger partial charge on any atom is -0.359 e. The van der Waals surface area contributed by atoms with Gasteiger partial charge in [0.25, 0.3) is 0 Å². The summed E-state index contributed by atoms with van der Waals surface area (Å²) in [5, 5.41) is 5.59. The summed E-state index contributed by atoms with van der Waals surface area (Å²) >= 11 is 1.74. The molecule has 0 radical (unpaired) electrons. The van der Waals surface area contributed by atoms with Gasteiger partial charge in [-0.2, -0.15) is 0 Å². The van der Waals surface area contributed by atoms with E-state index in [0.29, 0.717) is 11.7 Å². The first-order chi connectivity index (χ1) is 10.2. The molecule has 0 aliphatic heterocycles. The summed E-state index contributed by atoms with van der Waals surface area (Å²) in [6.45, 7) is 4.37. The molecule has 3 aromatic heterocycles. The lowest BCUT2D eigenvalue weighted by Gasteiger charge is -2.22. The van der Waals surface area contributed by atoms with Crippen molar-refractivity contribution in [3.63, 3.8) is 0 Å². The predicted octanol–water partition coefficient (Wildman–Crippen LogP) is 2.89. The number of thiophene rings is 1. The fraction of sp³-hybridized carbons (Fsp3) is 0.286. The fourth-order valence-corrected chi connectivity index (χ4v) is 3.23. The summed E-state index contributed by atoms with van der Waals surface area (Å²) in [6.07, 6.45) is 5.43. The lowest BCUT2D eigenvalue weighted by molar-refractivity contribution is 0.552. The highest BCUT2D eigenvalue weighted by Crippen LogP contribution is 2.30. The second-order valence-electron chi connectivity index (χ2n) is 5.16. The van der Waals surface area contributed by atoms with E-state index in [1.807, 2.05) is 16.8 Å². The Morgan fingerprint density at radius 1 is 1.38 bits per heavy atom. The number of hydrogen-bond acceptors (Lipinski definition) is 6. The largest absolute Gasteiger partial charge is 0.359 e. The first-order valence-corrected chi connectivity index (χ1v) is 7.67. The van der Waals surface area contributed by atoms with Gasteiger partial charge in [0.2, 0.25) is 0 Å². The number of rotatable bonds is 5. The Kier molecular flexibility index (Phi) is 3.76. The van der Waals surface area contributed by atoms with Crippen LogP contribution in [0.3, 0.4) is 0 Å². The first kappa shape index (κ1) is 13.8. The van der Waals surface area contributed by atoms with Crippen molar-refractivity contribution < 1.29 is 0 Å². The average molecular weight is 302 g/mol. The molecule has 4 N–H and O–H groups in total. The molecular weight excluding hydrogens is 284 g/mol. The van der Waals surface area contributed by atoms with Crippen molar-refractivity contribution in [2.75, 3.05) is 10.7 Å². The van der Waals surface area contributed by atoms with Crippen LogP contribution < -0.4 is 16.6 Å². The van der Waals surface area contributed by atoms with Crippen LogP contribution in [0.5, 0.6) is 0 Å². The Labute approximate surface area is 127 Å². The highest BCUT2D eigenvalue weighted by Gasteiger charge is 2.19. The maximum atomic E-state index is 5.49. The number of hydrazine groups is 1. The number of nitrogens with one attached hydrogen (secondary N) is 2. The highest BCUT2D eigenvalue weighted by molar-refractivity contribution is 7.10. The molecule has 0 aromatic carbocycles. The third-order valence-electron chi connectivity index (χ3n) is 3.33. The van der Waals surface area contributed by atoms with Gasteiger partial charge in [-0.3, -0.25) is 0 Å². The van der Waals surface area contributed by atoms with Crippen LogP contribution in [0.2, 0.25) is 0 Å². The molecule has 6 nitrogen and oxygen atoms in total. The normalized spacial score (nSPS) is 12.8. The van der Waals surface area contributed by atoms with Crippen LogP contribution in [0, 0.1) is 5.92 Å². The van der Waals surface area contributed by atoms with Gasteiger partial charge < -0.3 is 15.1 Å². The molecule has 1 unspecified atom stereocenters. The molecule has 0 spiro atoms. The predicted molar refractivity (Wildman–Crippen MR) is 86.3 cm³/mol. The van der Waals surface area contributed by atoms with Gasteiger partial charge in [0, 0.05) is 17.3 Å². The summed E-state index contributed by atoms with van der Waals surface area (Å²) in [4.78, 5) is 10.1. The quantitative estimate of drug-likeness (QED) is 0.499. The van der Waals surface area contributed by atoms with Crippen LogP contribution in [-0.4, -0.2) is 14.4 Å². The summed E-state index contributed by atoms with van der Waals surface area (Å²) in [5.74, 6) is 7.24. The molecule has 1 atom stereocenters. The van der Waals surface area contributed by atoms with E-state index < -0.39 is 0 Å². The van der Waals surface area contributed by atoms with Crippen molar-refractivity contribution in [3.8, 4) is 0 Å². The van der Waals surface area contributed by atoms with E-state index in [-0.39, 0.29) is 6.04 Å². The smallest absolute Gasteiger partial charge is 0.180 e. The molecule has 110 valence electrons. The number of nitrogens with zero attached hydrogens (tertiary/aromatic N) is 3. The molecule has 3 heterocycles. The van der Waals surface area contributed by atoms with E-state index in [1.54, 1.807) is 17.5 Å². The molecule has 0 saturated carbocycles. The van der Waals surface area contributed by atoms with Crippen molar-refractivity contribution >= 4 is 28.6 Å². The summed E-state index contributed by atoms with van der Waals surface area (Å²) in [7, 11) is 0. The lowest BCUT2D eigenvalue weighted by atomic mass is 10.0. The SMILES string of the molecule is CC(C)C(Nc1nc(NN)cn2ccnc12)c1cccs1. The zero-order valence-corrected chi connectivity index (χ0v) is 12.8. The molecular formula is C14H18N6S.